The number of hydrogen-bond acceptors (Lipinski definition) is 3. The quantitative estimate of drug-likeness (QED) is 0.694. The zero-order valence-corrected chi connectivity index (χ0v) is 12.8. The van der Waals surface area contributed by atoms with E-state index >= 15 is 0 Å². The summed E-state index contributed by atoms with van der Waals surface area (Å²) >= 11 is 0. The first-order chi connectivity index (χ1) is 10.3. The molecule has 0 saturated carbocycles. The maximum absolute atomic E-state index is 13.6. The number of sulfonamides is 1. The van der Waals surface area contributed by atoms with E-state index in [0.29, 0.717) is 6.07 Å². The van der Waals surface area contributed by atoms with Gasteiger partial charge >= 0.3 is 0 Å². The second kappa shape index (κ2) is 6.23. The van der Waals surface area contributed by atoms with Crippen molar-refractivity contribution in [2.75, 3.05) is 0 Å². The predicted octanol–water partition coefficient (Wildman–Crippen LogP) is 2.98. The standard InChI is InChI=1S/C15H14F2N2O2S/c1-10-3-6-13(7-4-10)22(20,21)19-18-11(2)14-8-5-12(16)9-15(14)17/h3-9,19H,1-2H3. The van der Waals surface area contributed by atoms with Crippen LogP contribution in [0.15, 0.2) is 52.5 Å². The summed E-state index contributed by atoms with van der Waals surface area (Å²) < 4.78 is 50.5. The van der Waals surface area contributed by atoms with Gasteiger partial charge in [-0.2, -0.15) is 18.4 Å². The Hall–Kier alpha value is -2.28. The maximum Gasteiger partial charge on any atom is 0.276 e. The molecule has 116 valence electrons. The van der Waals surface area contributed by atoms with Crippen LogP contribution in [0.1, 0.15) is 18.1 Å². The van der Waals surface area contributed by atoms with Crippen molar-refractivity contribution in [2.24, 2.45) is 5.10 Å². The van der Waals surface area contributed by atoms with Gasteiger partial charge in [-0.15, -0.1) is 0 Å². The highest BCUT2D eigenvalue weighted by atomic mass is 32.2. The lowest BCUT2D eigenvalue weighted by atomic mass is 10.1. The Bertz CT molecular complexity index is 816. The molecule has 0 bridgehead atoms. The number of benzene rings is 2. The van der Waals surface area contributed by atoms with E-state index in [9.17, 15) is 17.2 Å². The first-order valence-corrected chi connectivity index (χ1v) is 7.86. The normalized spacial score (nSPS) is 12.3. The van der Waals surface area contributed by atoms with Gasteiger partial charge in [0.05, 0.1) is 10.6 Å². The van der Waals surface area contributed by atoms with Gasteiger partial charge in [0.15, 0.2) is 0 Å². The number of nitrogens with one attached hydrogen (secondary N) is 1. The van der Waals surface area contributed by atoms with Crippen LogP contribution in [0.2, 0.25) is 0 Å². The molecular formula is C15H14F2N2O2S. The van der Waals surface area contributed by atoms with E-state index in [2.05, 4.69) is 5.10 Å². The Kier molecular flexibility index (Phi) is 4.56. The SMILES string of the molecule is CC(=NNS(=O)(=O)c1ccc(C)cc1)c1ccc(F)cc1F. The third-order valence-corrected chi connectivity index (χ3v) is 4.21. The topological polar surface area (TPSA) is 58.5 Å². The Morgan fingerprint density at radius 1 is 1.09 bits per heavy atom. The highest BCUT2D eigenvalue weighted by Gasteiger charge is 2.13. The summed E-state index contributed by atoms with van der Waals surface area (Å²) in [7, 11) is -3.84. The second-order valence-electron chi connectivity index (χ2n) is 4.73. The van der Waals surface area contributed by atoms with Crippen molar-refractivity contribution in [3.05, 3.63) is 65.2 Å². The fourth-order valence-corrected chi connectivity index (χ4v) is 2.60. The zero-order valence-electron chi connectivity index (χ0n) is 12.0. The van der Waals surface area contributed by atoms with Crippen molar-refractivity contribution in [3.63, 3.8) is 0 Å². The minimum atomic E-state index is -3.84. The highest BCUT2D eigenvalue weighted by Crippen LogP contribution is 2.12. The molecule has 2 rings (SSSR count). The molecule has 4 nitrogen and oxygen atoms in total. The molecule has 0 radical (unpaired) electrons. The Morgan fingerprint density at radius 3 is 2.32 bits per heavy atom. The van der Waals surface area contributed by atoms with Gasteiger partial charge in [0.2, 0.25) is 0 Å². The first-order valence-electron chi connectivity index (χ1n) is 6.38. The van der Waals surface area contributed by atoms with Crippen molar-refractivity contribution >= 4 is 15.7 Å². The molecule has 7 heteroatoms. The van der Waals surface area contributed by atoms with E-state index in [-0.39, 0.29) is 16.2 Å². The first kappa shape index (κ1) is 16.1. The molecule has 2 aromatic carbocycles. The molecule has 0 aliphatic carbocycles. The van der Waals surface area contributed by atoms with E-state index < -0.39 is 21.7 Å². The van der Waals surface area contributed by atoms with Crippen LogP contribution in [0.25, 0.3) is 0 Å². The third kappa shape index (κ3) is 3.67. The molecule has 0 aliphatic rings. The van der Waals surface area contributed by atoms with E-state index in [1.165, 1.54) is 25.1 Å². The van der Waals surface area contributed by atoms with Gasteiger partial charge < -0.3 is 0 Å². The molecule has 0 aliphatic heterocycles. The van der Waals surface area contributed by atoms with Crippen LogP contribution >= 0.6 is 0 Å². The van der Waals surface area contributed by atoms with Crippen molar-refractivity contribution in [1.82, 2.24) is 4.83 Å². The maximum atomic E-state index is 13.6. The second-order valence-corrected chi connectivity index (χ2v) is 6.39. The summed E-state index contributed by atoms with van der Waals surface area (Å²) in [6, 6.07) is 9.19. The van der Waals surface area contributed by atoms with E-state index in [1.807, 2.05) is 11.8 Å². The molecule has 2 aromatic rings. The van der Waals surface area contributed by atoms with Crippen LogP contribution < -0.4 is 4.83 Å². The van der Waals surface area contributed by atoms with Gasteiger partial charge in [-0.3, -0.25) is 0 Å². The molecule has 0 amide bonds. The highest BCUT2D eigenvalue weighted by molar-refractivity contribution is 7.89. The fourth-order valence-electron chi connectivity index (χ4n) is 1.74. The van der Waals surface area contributed by atoms with Gasteiger partial charge in [-0.05, 0) is 38.1 Å². The fraction of sp³-hybridized carbons (Fsp3) is 0.133. The van der Waals surface area contributed by atoms with Crippen molar-refractivity contribution in [1.29, 1.82) is 0 Å². The van der Waals surface area contributed by atoms with Gasteiger partial charge in [0.1, 0.15) is 11.6 Å². The minimum Gasteiger partial charge on any atom is -0.207 e. The molecule has 0 unspecified atom stereocenters. The molecule has 0 aromatic heterocycles. The Balaban J connectivity index is 2.24. The van der Waals surface area contributed by atoms with Gasteiger partial charge in [0, 0.05) is 11.6 Å². The van der Waals surface area contributed by atoms with Gasteiger partial charge in [-0.1, -0.05) is 17.7 Å². The number of hydrogen-bond donors (Lipinski definition) is 1. The van der Waals surface area contributed by atoms with Gasteiger partial charge in [0.25, 0.3) is 10.0 Å². The molecular weight excluding hydrogens is 310 g/mol. The minimum absolute atomic E-state index is 0.0213. The van der Waals surface area contributed by atoms with Crippen LogP contribution in [0.3, 0.4) is 0 Å². The summed E-state index contributed by atoms with van der Waals surface area (Å²) in [4.78, 5) is 2.08. The van der Waals surface area contributed by atoms with Crippen molar-refractivity contribution in [3.8, 4) is 0 Å². The lowest BCUT2D eigenvalue weighted by Gasteiger charge is -2.06. The molecule has 22 heavy (non-hydrogen) atoms. The average Bonchev–Trinajstić information content (AvgIpc) is 2.45. The summed E-state index contributed by atoms with van der Waals surface area (Å²) in [5, 5.41) is 3.67. The lowest BCUT2D eigenvalue weighted by Crippen LogP contribution is -2.20. The predicted molar refractivity (Wildman–Crippen MR) is 80.1 cm³/mol. The van der Waals surface area contributed by atoms with Crippen LogP contribution in [0, 0.1) is 18.6 Å². The summed E-state index contributed by atoms with van der Waals surface area (Å²) in [5.41, 5.74) is 1.04. The van der Waals surface area contributed by atoms with Crippen molar-refractivity contribution in [2.45, 2.75) is 18.7 Å². The molecule has 0 saturated heterocycles. The van der Waals surface area contributed by atoms with E-state index in [0.717, 1.165) is 11.6 Å². The third-order valence-electron chi connectivity index (χ3n) is 2.99. The monoisotopic (exact) mass is 324 g/mol. The average molecular weight is 324 g/mol. The van der Waals surface area contributed by atoms with Crippen LogP contribution in [-0.2, 0) is 10.0 Å². The largest absolute Gasteiger partial charge is 0.276 e. The van der Waals surface area contributed by atoms with E-state index in [1.54, 1.807) is 12.1 Å². The number of aryl methyl sites for hydroxylation is 1. The number of rotatable bonds is 4. The van der Waals surface area contributed by atoms with Crippen LogP contribution in [0.4, 0.5) is 8.78 Å². The number of hydrazone groups is 1. The van der Waals surface area contributed by atoms with E-state index in [4.69, 9.17) is 0 Å². The lowest BCUT2D eigenvalue weighted by molar-refractivity contribution is 0.579. The Morgan fingerprint density at radius 2 is 1.73 bits per heavy atom. The van der Waals surface area contributed by atoms with Crippen LogP contribution in [-0.4, -0.2) is 14.1 Å². The summed E-state index contributed by atoms with van der Waals surface area (Å²) in [6.45, 7) is 3.26. The molecule has 1 N–H and O–H groups in total. The van der Waals surface area contributed by atoms with Gasteiger partial charge in [-0.25, -0.2) is 8.78 Å². The smallest absolute Gasteiger partial charge is 0.207 e. The Labute approximate surface area is 127 Å². The number of nitrogens with zero attached hydrogens (tertiary/aromatic N) is 1. The number of halogens is 2. The molecule has 0 spiro atoms. The molecule has 0 heterocycles. The summed E-state index contributed by atoms with van der Waals surface area (Å²) in [6.07, 6.45) is 0. The zero-order chi connectivity index (χ0) is 16.3. The molecule has 0 fully saturated rings. The molecule has 0 atom stereocenters. The van der Waals surface area contributed by atoms with Crippen molar-refractivity contribution < 1.29 is 17.2 Å². The van der Waals surface area contributed by atoms with Crippen LogP contribution in [0.5, 0.6) is 0 Å². The summed E-state index contributed by atoms with van der Waals surface area (Å²) in [5.74, 6) is -1.52.